The molecular formula is C50H32N4OPt+4. The van der Waals surface area contributed by atoms with Gasteiger partial charge in [0.25, 0.3) is 18.1 Å². The maximum Gasteiger partial charge on any atom is 2.00 e. The Morgan fingerprint density at radius 1 is 0.429 bits per heavy atom. The van der Waals surface area contributed by atoms with Crippen molar-refractivity contribution in [2.75, 3.05) is 0 Å². The predicted molar refractivity (Wildman–Crippen MR) is 220 cm³/mol. The third kappa shape index (κ3) is 6.47. The molecule has 8 aromatic rings. The second kappa shape index (κ2) is 15.0. The fourth-order valence-electron chi connectivity index (χ4n) is 7.26. The van der Waals surface area contributed by atoms with Gasteiger partial charge in [0.2, 0.25) is 11.4 Å². The number of para-hydroxylation sites is 2. The van der Waals surface area contributed by atoms with Crippen LogP contribution in [0.1, 0.15) is 0 Å². The Bertz CT molecular complexity index is 2900. The summed E-state index contributed by atoms with van der Waals surface area (Å²) in [6.45, 7) is 0. The molecule has 0 atom stereocenters. The summed E-state index contributed by atoms with van der Waals surface area (Å²) >= 11 is 0. The number of rotatable bonds is 8. The van der Waals surface area contributed by atoms with Crippen molar-refractivity contribution in [2.45, 2.75) is 0 Å². The first-order chi connectivity index (χ1) is 27.3. The molecule has 6 heteroatoms. The van der Waals surface area contributed by atoms with Crippen molar-refractivity contribution in [3.8, 4) is 33.8 Å². The van der Waals surface area contributed by atoms with Crippen molar-refractivity contribution in [1.82, 2.24) is 9.15 Å². The molecule has 0 unspecified atom stereocenters. The van der Waals surface area contributed by atoms with Crippen LogP contribution in [0, 0.1) is 12.1 Å². The molecule has 264 valence electrons. The molecule has 0 fully saturated rings. The molecule has 10 rings (SSSR count). The third-order valence-corrected chi connectivity index (χ3v) is 9.81. The van der Waals surface area contributed by atoms with Gasteiger partial charge in [-0.05, 0) is 45.4 Å². The summed E-state index contributed by atoms with van der Waals surface area (Å²) < 4.78 is 14.6. The molecule has 0 bridgehead atoms. The monoisotopic (exact) mass is 899 g/mol. The van der Waals surface area contributed by atoms with Crippen LogP contribution in [0.3, 0.4) is 0 Å². The molecule has 2 heterocycles. The average molecular weight is 900 g/mol. The summed E-state index contributed by atoms with van der Waals surface area (Å²) in [7, 11) is 0. The number of ether oxygens (including phenoxy) is 1. The van der Waals surface area contributed by atoms with Gasteiger partial charge >= 0.3 is 38.8 Å². The molecule has 0 aromatic heterocycles. The van der Waals surface area contributed by atoms with Gasteiger partial charge in [-0.15, -0.1) is 12.1 Å². The zero-order valence-corrected chi connectivity index (χ0v) is 32.3. The van der Waals surface area contributed by atoms with E-state index in [0.717, 1.165) is 67.2 Å². The molecule has 8 aromatic carbocycles. The summed E-state index contributed by atoms with van der Waals surface area (Å²) in [4.78, 5) is 0. The van der Waals surface area contributed by atoms with E-state index in [1.807, 2.05) is 88.3 Å². The van der Waals surface area contributed by atoms with Gasteiger partial charge in [0.1, 0.15) is 11.4 Å². The minimum absolute atomic E-state index is 0. The zero-order chi connectivity index (χ0) is 36.6. The van der Waals surface area contributed by atoms with Crippen molar-refractivity contribution >= 4 is 56.9 Å². The fourth-order valence-corrected chi connectivity index (χ4v) is 7.26. The standard InChI is InChI=1S/C50H32N4O.Pt/c1-4-15-37(16-5-1)45-27-14-28-46(38-17-6-2-7-18-38)49(45)54-36-53(48-30-29-39-19-10-11-26-47(39)50(48)54)42-23-13-25-44(34-42)55-43-24-12-22-41(33-43)52-32-31-51(35-52)40-20-8-3-9-21-40;/h1-32H;/q2*+2. The van der Waals surface area contributed by atoms with Crippen molar-refractivity contribution in [3.05, 3.63) is 207 Å². The van der Waals surface area contributed by atoms with Crippen LogP contribution in [0.15, 0.2) is 194 Å². The van der Waals surface area contributed by atoms with Gasteiger partial charge in [-0.2, -0.15) is 12.1 Å². The molecule has 0 amide bonds. The average Bonchev–Trinajstić information content (AvgIpc) is 3.91. The molecule has 2 aliphatic rings. The Morgan fingerprint density at radius 2 is 1.00 bits per heavy atom. The van der Waals surface area contributed by atoms with Crippen LogP contribution in [0.5, 0.6) is 11.5 Å². The summed E-state index contributed by atoms with van der Waals surface area (Å²) in [5.41, 5.74) is 10.2. The Hall–Kier alpha value is -6.99. The van der Waals surface area contributed by atoms with Crippen LogP contribution in [-0.2, 0) is 21.1 Å². The topological polar surface area (TPSA) is 21.3 Å². The van der Waals surface area contributed by atoms with Gasteiger partial charge in [0, 0.05) is 29.7 Å². The Labute approximate surface area is 339 Å². The van der Waals surface area contributed by atoms with Crippen molar-refractivity contribution in [3.63, 3.8) is 0 Å². The third-order valence-electron chi connectivity index (χ3n) is 9.81. The molecule has 2 aliphatic heterocycles. The largest absolute Gasteiger partial charge is 2.00 e. The number of benzene rings is 8. The fraction of sp³-hybridized carbons (Fsp3) is 0. The van der Waals surface area contributed by atoms with Gasteiger partial charge in [-0.1, -0.05) is 141 Å². The van der Waals surface area contributed by atoms with E-state index >= 15 is 0 Å². The molecule has 0 saturated heterocycles. The molecule has 0 N–H and O–H groups in total. The van der Waals surface area contributed by atoms with Gasteiger partial charge < -0.3 is 4.74 Å². The molecule has 5 nitrogen and oxygen atoms in total. The Morgan fingerprint density at radius 3 is 1.70 bits per heavy atom. The van der Waals surface area contributed by atoms with E-state index in [0.29, 0.717) is 11.5 Å². The predicted octanol–water partition coefficient (Wildman–Crippen LogP) is 12.1. The molecule has 56 heavy (non-hydrogen) atoms. The molecule has 0 aliphatic carbocycles. The van der Waals surface area contributed by atoms with Crippen molar-refractivity contribution < 1.29 is 35.0 Å². The summed E-state index contributed by atoms with van der Waals surface area (Å²) in [5.74, 6) is 1.14. The van der Waals surface area contributed by atoms with Crippen LogP contribution in [-0.4, -0.2) is 21.2 Å². The second-order valence-electron chi connectivity index (χ2n) is 13.2. The minimum atomic E-state index is 0. The number of hydrogen-bond donors (Lipinski definition) is 0. The van der Waals surface area contributed by atoms with E-state index in [9.17, 15) is 0 Å². The first-order valence-electron chi connectivity index (χ1n) is 18.2. The van der Waals surface area contributed by atoms with E-state index in [1.54, 1.807) is 0 Å². The first-order valence-corrected chi connectivity index (χ1v) is 18.2. The van der Waals surface area contributed by atoms with E-state index in [1.165, 1.54) is 0 Å². The zero-order valence-electron chi connectivity index (χ0n) is 30.0. The van der Waals surface area contributed by atoms with Crippen LogP contribution in [0.25, 0.3) is 33.0 Å². The van der Waals surface area contributed by atoms with Crippen LogP contribution >= 0.6 is 0 Å². The van der Waals surface area contributed by atoms with Gasteiger partial charge in [0.05, 0.1) is 16.5 Å². The van der Waals surface area contributed by atoms with E-state index in [4.69, 9.17) is 4.74 Å². The second-order valence-corrected chi connectivity index (χ2v) is 13.2. The summed E-state index contributed by atoms with van der Waals surface area (Å²) in [5, 5.41) is 2.28. The first kappa shape index (κ1) is 34.8. The normalized spacial score (nSPS) is 12.6. The van der Waals surface area contributed by atoms with E-state index in [2.05, 4.69) is 149 Å². The SMILES string of the molecule is C1=[N+](c2[c-]c(Oc3[c-]c([N+]4=C=[N+](c5c(-c6ccccc6)cccc5-c5ccccc5)c5c4ccc4ccccc54)ccc3)ccc2)C=C[N+]=1c1ccccc1.[Pt+2]. The van der Waals surface area contributed by atoms with Crippen molar-refractivity contribution in [2.24, 2.45) is 0 Å². The van der Waals surface area contributed by atoms with Crippen LogP contribution in [0.4, 0.5) is 34.1 Å². The maximum atomic E-state index is 6.44. The number of fused-ring (bicyclic) bond motifs is 3. The van der Waals surface area contributed by atoms with Gasteiger partial charge in [-0.25, -0.2) is 0 Å². The Balaban J connectivity index is 0.00000410. The van der Waals surface area contributed by atoms with Crippen LogP contribution < -0.4 is 13.9 Å². The van der Waals surface area contributed by atoms with Crippen molar-refractivity contribution in [1.29, 1.82) is 0 Å². The summed E-state index contributed by atoms with van der Waals surface area (Å²) in [6.07, 6.45) is 3.93. The molecule has 0 spiro atoms. The number of hydrogen-bond acceptors (Lipinski definition) is 1. The minimum Gasteiger partial charge on any atom is -0.509 e. The van der Waals surface area contributed by atoms with E-state index in [-0.39, 0.29) is 21.1 Å². The van der Waals surface area contributed by atoms with E-state index < -0.39 is 0 Å². The molecule has 0 radical (unpaired) electrons. The smallest absolute Gasteiger partial charge is 0.509 e. The maximum absolute atomic E-state index is 6.44. The molecule has 0 saturated carbocycles. The Kier molecular flexibility index (Phi) is 9.33. The van der Waals surface area contributed by atoms with Gasteiger partial charge in [-0.3, -0.25) is 0 Å². The molecular weight excluding hydrogens is 868 g/mol. The quantitative estimate of drug-likeness (QED) is 0.110. The van der Waals surface area contributed by atoms with Crippen LogP contribution in [0.2, 0.25) is 0 Å². The summed E-state index contributed by atoms with van der Waals surface area (Å²) in [6, 6.07) is 76.6. The number of nitrogens with zero attached hydrogens (tertiary/aromatic N) is 4. The van der Waals surface area contributed by atoms with Gasteiger partial charge in [0.15, 0.2) is 0 Å².